The topological polar surface area (TPSA) is 49.5 Å². The number of piperidine rings is 1. The number of ether oxygens (including phenoxy) is 2. The van der Waals surface area contributed by atoms with Crippen LogP contribution in [0.25, 0.3) is 10.9 Å². The highest BCUT2D eigenvalue weighted by Gasteiger charge is 2.21. The number of nitrogens with one attached hydrogen (secondary N) is 2. The van der Waals surface area contributed by atoms with Crippen molar-refractivity contribution in [1.82, 2.24) is 9.88 Å². The largest absolute Gasteiger partial charge is 0.493 e. The quantitative estimate of drug-likeness (QED) is 0.686. The van der Waals surface area contributed by atoms with E-state index in [0.717, 1.165) is 22.9 Å². The first kappa shape index (κ1) is 17.7. The van der Waals surface area contributed by atoms with Gasteiger partial charge in [0.05, 0.1) is 14.2 Å². The third-order valence-electron chi connectivity index (χ3n) is 5.54. The van der Waals surface area contributed by atoms with Gasteiger partial charge in [0, 0.05) is 34.5 Å². The van der Waals surface area contributed by atoms with Crippen molar-refractivity contribution in [3.05, 3.63) is 48.2 Å². The van der Waals surface area contributed by atoms with Crippen LogP contribution in [0.2, 0.25) is 0 Å². The van der Waals surface area contributed by atoms with Crippen molar-refractivity contribution in [3.8, 4) is 11.5 Å². The highest BCUT2D eigenvalue weighted by molar-refractivity contribution is 5.87. The van der Waals surface area contributed by atoms with E-state index in [2.05, 4.69) is 46.6 Å². The van der Waals surface area contributed by atoms with Gasteiger partial charge in [-0.3, -0.25) is 0 Å². The lowest BCUT2D eigenvalue weighted by Crippen LogP contribution is -2.29. The standard InChI is InChI=1S/C22H27N3O2/c1-25-10-8-15(9-11-25)19-14-23-20-6-4-16(12-18(19)20)24-17-5-7-21(26-2)22(13-17)27-3/h4-7,12-15,23-24H,8-11H2,1-3H3. The number of benzene rings is 2. The van der Waals surface area contributed by atoms with Crippen LogP contribution in [-0.2, 0) is 0 Å². The molecule has 2 aromatic carbocycles. The Hall–Kier alpha value is -2.66. The summed E-state index contributed by atoms with van der Waals surface area (Å²) in [5.74, 6) is 2.08. The normalized spacial score (nSPS) is 15.8. The highest BCUT2D eigenvalue weighted by atomic mass is 16.5. The van der Waals surface area contributed by atoms with Gasteiger partial charge in [0.25, 0.3) is 0 Å². The molecule has 3 aromatic rings. The molecule has 2 N–H and O–H groups in total. The molecule has 0 spiro atoms. The van der Waals surface area contributed by atoms with Crippen LogP contribution in [0, 0.1) is 0 Å². The second-order valence-electron chi connectivity index (χ2n) is 7.28. The van der Waals surface area contributed by atoms with Crippen molar-refractivity contribution in [2.45, 2.75) is 18.8 Å². The molecule has 2 heterocycles. The predicted molar refractivity (Wildman–Crippen MR) is 111 cm³/mol. The van der Waals surface area contributed by atoms with Gasteiger partial charge < -0.3 is 24.7 Å². The lowest BCUT2D eigenvalue weighted by Gasteiger charge is -2.28. The Balaban J connectivity index is 1.60. The average Bonchev–Trinajstić information content (AvgIpc) is 3.11. The third-order valence-corrected chi connectivity index (χ3v) is 5.54. The fourth-order valence-electron chi connectivity index (χ4n) is 3.96. The smallest absolute Gasteiger partial charge is 0.162 e. The van der Waals surface area contributed by atoms with Crippen LogP contribution < -0.4 is 14.8 Å². The van der Waals surface area contributed by atoms with Gasteiger partial charge in [0.15, 0.2) is 11.5 Å². The predicted octanol–water partition coefficient (Wildman–Crippen LogP) is 4.74. The Morgan fingerprint density at radius 3 is 2.41 bits per heavy atom. The van der Waals surface area contributed by atoms with Gasteiger partial charge in [-0.05, 0) is 74.8 Å². The minimum atomic E-state index is 0.631. The Kier molecular flexibility index (Phi) is 4.94. The van der Waals surface area contributed by atoms with Crippen LogP contribution >= 0.6 is 0 Å². The molecule has 0 atom stereocenters. The summed E-state index contributed by atoms with van der Waals surface area (Å²) in [5.41, 5.74) is 4.68. The zero-order valence-electron chi connectivity index (χ0n) is 16.2. The van der Waals surface area contributed by atoms with Gasteiger partial charge in [-0.1, -0.05) is 0 Å². The van der Waals surface area contributed by atoms with Gasteiger partial charge in [-0.2, -0.15) is 0 Å². The molecule has 1 aliphatic heterocycles. The number of likely N-dealkylation sites (tertiary alicyclic amines) is 1. The molecule has 1 aromatic heterocycles. The first-order valence-corrected chi connectivity index (χ1v) is 9.46. The zero-order chi connectivity index (χ0) is 18.8. The van der Waals surface area contributed by atoms with Crippen molar-refractivity contribution in [3.63, 3.8) is 0 Å². The molecule has 1 saturated heterocycles. The maximum atomic E-state index is 5.41. The number of fused-ring (bicyclic) bond motifs is 1. The summed E-state index contributed by atoms with van der Waals surface area (Å²) in [6.45, 7) is 2.34. The fourth-order valence-corrected chi connectivity index (χ4v) is 3.96. The van der Waals surface area contributed by atoms with Crippen molar-refractivity contribution in [2.75, 3.05) is 39.7 Å². The summed E-state index contributed by atoms with van der Waals surface area (Å²) in [7, 11) is 5.51. The summed E-state index contributed by atoms with van der Waals surface area (Å²) in [6.07, 6.45) is 4.63. The molecule has 5 heteroatoms. The number of hydrogen-bond acceptors (Lipinski definition) is 4. The number of aromatic nitrogens is 1. The number of aromatic amines is 1. The number of H-pyrrole nitrogens is 1. The lowest BCUT2D eigenvalue weighted by molar-refractivity contribution is 0.256. The summed E-state index contributed by atoms with van der Waals surface area (Å²) >= 11 is 0. The molecule has 1 aliphatic rings. The van der Waals surface area contributed by atoms with Crippen LogP contribution in [0.5, 0.6) is 11.5 Å². The van der Waals surface area contributed by atoms with Crippen molar-refractivity contribution < 1.29 is 9.47 Å². The summed E-state index contributed by atoms with van der Waals surface area (Å²) in [4.78, 5) is 5.86. The molecule has 27 heavy (non-hydrogen) atoms. The summed E-state index contributed by atoms with van der Waals surface area (Å²) < 4.78 is 10.7. The number of anilines is 2. The Bertz CT molecular complexity index is 926. The monoisotopic (exact) mass is 365 g/mol. The molecule has 0 unspecified atom stereocenters. The number of hydrogen-bond donors (Lipinski definition) is 2. The van der Waals surface area contributed by atoms with Crippen molar-refractivity contribution in [2.24, 2.45) is 0 Å². The second kappa shape index (κ2) is 7.53. The van der Waals surface area contributed by atoms with Gasteiger partial charge in [0.1, 0.15) is 0 Å². The first-order chi connectivity index (χ1) is 13.2. The first-order valence-electron chi connectivity index (χ1n) is 9.46. The molecule has 4 rings (SSSR count). The van der Waals surface area contributed by atoms with E-state index in [1.165, 1.54) is 42.4 Å². The van der Waals surface area contributed by atoms with E-state index < -0.39 is 0 Å². The van der Waals surface area contributed by atoms with Crippen molar-refractivity contribution in [1.29, 1.82) is 0 Å². The molecule has 0 bridgehead atoms. The number of nitrogens with zero attached hydrogens (tertiary/aromatic N) is 1. The maximum absolute atomic E-state index is 5.41. The van der Waals surface area contributed by atoms with E-state index in [1.54, 1.807) is 14.2 Å². The summed E-state index contributed by atoms with van der Waals surface area (Å²) in [5, 5.41) is 4.81. The van der Waals surface area contributed by atoms with E-state index in [0.29, 0.717) is 5.92 Å². The number of rotatable bonds is 5. The molecule has 5 nitrogen and oxygen atoms in total. The van der Waals surface area contributed by atoms with Crippen LogP contribution in [0.1, 0.15) is 24.3 Å². The maximum Gasteiger partial charge on any atom is 0.162 e. The highest BCUT2D eigenvalue weighted by Crippen LogP contribution is 2.35. The minimum absolute atomic E-state index is 0.631. The third kappa shape index (κ3) is 3.60. The van der Waals surface area contributed by atoms with E-state index in [1.807, 2.05) is 18.2 Å². The molecule has 142 valence electrons. The van der Waals surface area contributed by atoms with Gasteiger partial charge in [0.2, 0.25) is 0 Å². The molecule has 1 fully saturated rings. The van der Waals surface area contributed by atoms with Gasteiger partial charge >= 0.3 is 0 Å². The van der Waals surface area contributed by atoms with Crippen molar-refractivity contribution >= 4 is 22.3 Å². The Labute approximate surface area is 160 Å². The SMILES string of the molecule is COc1ccc(Nc2ccc3[nH]cc(C4CCN(C)CC4)c3c2)cc1OC. The average molecular weight is 365 g/mol. The van der Waals surface area contributed by atoms with E-state index in [4.69, 9.17) is 9.47 Å². The molecule has 0 aliphatic carbocycles. The van der Waals surface area contributed by atoms with Gasteiger partial charge in [-0.15, -0.1) is 0 Å². The molecule has 0 saturated carbocycles. The van der Waals surface area contributed by atoms with Crippen LogP contribution in [0.3, 0.4) is 0 Å². The summed E-state index contributed by atoms with van der Waals surface area (Å²) in [6, 6.07) is 12.4. The number of methoxy groups -OCH3 is 2. The van der Waals surface area contributed by atoms with Crippen LogP contribution in [-0.4, -0.2) is 44.2 Å². The van der Waals surface area contributed by atoms with Crippen LogP contribution in [0.15, 0.2) is 42.6 Å². The second-order valence-corrected chi connectivity index (χ2v) is 7.28. The Morgan fingerprint density at radius 1 is 0.963 bits per heavy atom. The molecule has 0 amide bonds. The van der Waals surface area contributed by atoms with E-state index in [-0.39, 0.29) is 0 Å². The zero-order valence-corrected chi connectivity index (χ0v) is 16.2. The molecular formula is C22H27N3O2. The van der Waals surface area contributed by atoms with E-state index >= 15 is 0 Å². The Morgan fingerprint density at radius 2 is 1.67 bits per heavy atom. The molecular weight excluding hydrogens is 338 g/mol. The van der Waals surface area contributed by atoms with E-state index in [9.17, 15) is 0 Å². The molecule has 0 radical (unpaired) electrons. The van der Waals surface area contributed by atoms with Gasteiger partial charge in [-0.25, -0.2) is 0 Å². The minimum Gasteiger partial charge on any atom is -0.493 e. The lowest BCUT2D eigenvalue weighted by atomic mass is 9.89. The van der Waals surface area contributed by atoms with Crippen LogP contribution in [0.4, 0.5) is 11.4 Å². The fraction of sp³-hybridized carbons (Fsp3) is 0.364.